The second kappa shape index (κ2) is 11.7. The molecule has 0 radical (unpaired) electrons. The van der Waals surface area contributed by atoms with E-state index in [2.05, 4.69) is 10.6 Å². The molecule has 1 heterocycles. The van der Waals surface area contributed by atoms with Crippen molar-refractivity contribution in [1.82, 2.24) is 5.32 Å². The molecule has 1 fully saturated rings. The van der Waals surface area contributed by atoms with E-state index in [1.54, 1.807) is 13.0 Å². The summed E-state index contributed by atoms with van der Waals surface area (Å²) in [5.74, 6) is -3.00. The highest BCUT2D eigenvalue weighted by molar-refractivity contribution is 6.39. The number of carbonyl (C=O) groups excluding carboxylic acids is 4. The maximum atomic E-state index is 13.8. The minimum Gasteiger partial charge on any atom is -0.508 e. The number of halogens is 2. The van der Waals surface area contributed by atoms with Crippen LogP contribution in [0.4, 0.5) is 20.6 Å². The number of carbonyl (C=O) groups is 4. The van der Waals surface area contributed by atoms with Crippen LogP contribution in [-0.2, 0) is 14.4 Å². The molecule has 1 aliphatic rings. The first-order valence-electron chi connectivity index (χ1n) is 11.5. The van der Waals surface area contributed by atoms with Crippen LogP contribution in [0.3, 0.4) is 0 Å². The lowest BCUT2D eigenvalue weighted by Gasteiger charge is -2.26. The highest BCUT2D eigenvalue weighted by Gasteiger charge is 2.37. The third kappa shape index (κ3) is 6.16. The molecule has 10 nitrogen and oxygen atoms in total. The monoisotopic (exact) mass is 553 g/mol. The van der Waals surface area contributed by atoms with Gasteiger partial charge in [0.1, 0.15) is 17.1 Å². The molecule has 0 spiro atoms. The van der Waals surface area contributed by atoms with Gasteiger partial charge in [-0.3, -0.25) is 19.7 Å². The Balaban J connectivity index is 1.58. The molecule has 12 heteroatoms. The summed E-state index contributed by atoms with van der Waals surface area (Å²) >= 11 is 6.39. The minimum absolute atomic E-state index is 0.00150. The predicted octanol–water partition coefficient (Wildman–Crippen LogP) is 4.27. The van der Waals surface area contributed by atoms with Gasteiger partial charge < -0.3 is 19.9 Å². The number of hydrogen-bond donors (Lipinski definition) is 3. The number of urea groups is 1. The maximum absolute atomic E-state index is 13.8. The summed E-state index contributed by atoms with van der Waals surface area (Å²) in [5, 5.41) is 14.0. The topological polar surface area (TPSA) is 134 Å². The normalized spacial score (nSPS) is 14.3. The number of aromatic hydroxyl groups is 1. The summed E-state index contributed by atoms with van der Waals surface area (Å²) in [7, 11) is 0. The van der Waals surface area contributed by atoms with Gasteiger partial charge in [0.2, 0.25) is 0 Å². The summed E-state index contributed by atoms with van der Waals surface area (Å²) in [4.78, 5) is 51.0. The molecule has 1 saturated heterocycles. The Morgan fingerprint density at radius 1 is 1.10 bits per heavy atom. The van der Waals surface area contributed by atoms with Gasteiger partial charge >= 0.3 is 6.03 Å². The van der Waals surface area contributed by atoms with E-state index in [1.807, 2.05) is 0 Å². The minimum atomic E-state index is -0.946. The van der Waals surface area contributed by atoms with Crippen LogP contribution in [0.25, 0.3) is 6.08 Å². The van der Waals surface area contributed by atoms with Crippen LogP contribution in [0, 0.1) is 5.82 Å². The molecule has 0 bridgehead atoms. The largest absolute Gasteiger partial charge is 0.508 e. The number of anilines is 2. The fourth-order valence-corrected chi connectivity index (χ4v) is 3.89. The van der Waals surface area contributed by atoms with Gasteiger partial charge in [0.15, 0.2) is 18.1 Å². The van der Waals surface area contributed by atoms with Crippen LogP contribution in [0.5, 0.6) is 17.2 Å². The predicted molar refractivity (Wildman–Crippen MR) is 140 cm³/mol. The lowest BCUT2D eigenvalue weighted by Crippen LogP contribution is -2.54. The number of benzene rings is 3. The fraction of sp³-hybridized carbons (Fsp3) is 0.111. The Hall–Kier alpha value is -4.90. The van der Waals surface area contributed by atoms with Gasteiger partial charge in [0, 0.05) is 0 Å². The number of nitrogens with one attached hydrogen (secondary N) is 2. The molecule has 3 N–H and O–H groups in total. The average Bonchev–Trinajstić information content (AvgIpc) is 2.88. The number of hydrogen-bond acceptors (Lipinski definition) is 7. The van der Waals surface area contributed by atoms with Crippen LogP contribution in [0.15, 0.2) is 66.2 Å². The SMILES string of the molecule is CCOc1cc(/C=C2/C(=O)NC(=O)N(c3ccc(O)cc3)C2=O)cc(Cl)c1OCC(=O)Nc1ccccc1F. The first kappa shape index (κ1) is 27.1. The van der Waals surface area contributed by atoms with Crippen LogP contribution in [0.2, 0.25) is 5.02 Å². The van der Waals surface area contributed by atoms with E-state index < -0.39 is 36.2 Å². The zero-order chi connectivity index (χ0) is 28.1. The van der Waals surface area contributed by atoms with Gasteiger partial charge in [-0.25, -0.2) is 14.1 Å². The van der Waals surface area contributed by atoms with Crippen molar-refractivity contribution in [2.24, 2.45) is 0 Å². The van der Waals surface area contributed by atoms with E-state index in [0.717, 1.165) is 4.90 Å². The van der Waals surface area contributed by atoms with Crippen molar-refractivity contribution in [3.63, 3.8) is 0 Å². The van der Waals surface area contributed by atoms with Gasteiger partial charge in [-0.2, -0.15) is 0 Å². The van der Waals surface area contributed by atoms with Crippen LogP contribution in [0.1, 0.15) is 12.5 Å². The average molecular weight is 554 g/mol. The van der Waals surface area contributed by atoms with Gasteiger partial charge in [0.05, 0.1) is 23.0 Å². The number of imide groups is 2. The van der Waals surface area contributed by atoms with E-state index in [-0.39, 0.29) is 51.4 Å². The number of nitrogens with zero attached hydrogens (tertiary/aromatic N) is 1. The zero-order valence-electron chi connectivity index (χ0n) is 20.4. The van der Waals surface area contributed by atoms with Crippen molar-refractivity contribution in [3.8, 4) is 17.2 Å². The number of phenolic OH excluding ortho intramolecular Hbond substituents is 1. The van der Waals surface area contributed by atoms with Gasteiger partial charge in [-0.1, -0.05) is 23.7 Å². The molecule has 4 rings (SSSR count). The Labute approximate surface area is 226 Å². The van der Waals surface area contributed by atoms with Crippen molar-refractivity contribution in [2.45, 2.75) is 6.92 Å². The molecular formula is C27H21ClFN3O7. The Kier molecular flexibility index (Phi) is 8.11. The molecule has 0 aromatic heterocycles. The number of amides is 5. The second-order valence-corrected chi connectivity index (χ2v) is 8.46. The second-order valence-electron chi connectivity index (χ2n) is 8.05. The standard InChI is InChI=1S/C27H21ClFN3O7/c1-2-38-22-13-15(12-19(28)24(22)39-14-23(34)30-21-6-4-3-5-20(21)29)11-18-25(35)31-27(37)32(26(18)36)16-7-9-17(33)10-8-16/h3-13,33H,2,14H2,1H3,(H,30,34)(H,31,35,37)/b18-11-. The molecular weight excluding hydrogens is 533 g/mol. The van der Waals surface area contributed by atoms with E-state index in [9.17, 15) is 28.7 Å². The molecule has 0 atom stereocenters. The Morgan fingerprint density at radius 2 is 1.82 bits per heavy atom. The maximum Gasteiger partial charge on any atom is 0.335 e. The Morgan fingerprint density at radius 3 is 2.51 bits per heavy atom. The van der Waals surface area contributed by atoms with Crippen molar-refractivity contribution in [3.05, 3.63) is 82.6 Å². The van der Waals surface area contributed by atoms with E-state index in [1.165, 1.54) is 60.7 Å². The molecule has 200 valence electrons. The molecule has 0 aliphatic carbocycles. The van der Waals surface area contributed by atoms with Gasteiger partial charge in [-0.15, -0.1) is 0 Å². The highest BCUT2D eigenvalue weighted by atomic mass is 35.5. The summed E-state index contributed by atoms with van der Waals surface area (Å²) in [6, 6.07) is 12.8. The van der Waals surface area contributed by atoms with Crippen molar-refractivity contribution in [2.75, 3.05) is 23.4 Å². The summed E-state index contributed by atoms with van der Waals surface area (Å²) in [6.45, 7) is 1.38. The molecule has 5 amide bonds. The lowest BCUT2D eigenvalue weighted by molar-refractivity contribution is -0.122. The van der Waals surface area contributed by atoms with Gasteiger partial charge in [0.25, 0.3) is 17.7 Å². The quantitative estimate of drug-likeness (QED) is 0.280. The van der Waals surface area contributed by atoms with Crippen molar-refractivity contribution < 1.29 is 38.1 Å². The first-order chi connectivity index (χ1) is 18.7. The summed E-state index contributed by atoms with van der Waals surface area (Å²) in [5.41, 5.74) is 0.0304. The zero-order valence-corrected chi connectivity index (χ0v) is 21.1. The highest BCUT2D eigenvalue weighted by Crippen LogP contribution is 2.37. The number of para-hydroxylation sites is 1. The molecule has 39 heavy (non-hydrogen) atoms. The third-order valence-electron chi connectivity index (χ3n) is 5.35. The smallest absolute Gasteiger partial charge is 0.335 e. The van der Waals surface area contributed by atoms with E-state index >= 15 is 0 Å². The third-order valence-corrected chi connectivity index (χ3v) is 5.63. The van der Waals surface area contributed by atoms with E-state index in [4.69, 9.17) is 21.1 Å². The summed E-state index contributed by atoms with van der Waals surface area (Å²) in [6.07, 6.45) is 1.22. The molecule has 0 saturated carbocycles. The number of barbiturate groups is 1. The van der Waals surface area contributed by atoms with Crippen LogP contribution < -0.4 is 25.0 Å². The summed E-state index contributed by atoms with van der Waals surface area (Å²) < 4.78 is 24.9. The van der Waals surface area contributed by atoms with Crippen molar-refractivity contribution in [1.29, 1.82) is 0 Å². The molecule has 3 aromatic rings. The molecule has 3 aromatic carbocycles. The number of phenols is 1. The Bertz CT molecular complexity index is 1490. The fourth-order valence-electron chi connectivity index (χ4n) is 3.62. The lowest BCUT2D eigenvalue weighted by atomic mass is 10.1. The molecule has 0 unspecified atom stereocenters. The molecule has 1 aliphatic heterocycles. The van der Waals surface area contributed by atoms with Crippen LogP contribution in [-0.4, -0.2) is 42.1 Å². The van der Waals surface area contributed by atoms with E-state index in [0.29, 0.717) is 0 Å². The van der Waals surface area contributed by atoms with Gasteiger partial charge in [-0.05, 0) is 67.1 Å². The van der Waals surface area contributed by atoms with Crippen LogP contribution >= 0.6 is 11.6 Å². The first-order valence-corrected chi connectivity index (χ1v) is 11.9. The van der Waals surface area contributed by atoms with Crippen molar-refractivity contribution >= 4 is 52.8 Å². The number of ether oxygens (including phenoxy) is 2. The number of rotatable bonds is 8.